The van der Waals surface area contributed by atoms with Gasteiger partial charge in [0.05, 0.1) is 12.2 Å². The van der Waals surface area contributed by atoms with Crippen LogP contribution in [0.4, 0.5) is 0 Å². The molecule has 0 bridgehead atoms. The summed E-state index contributed by atoms with van der Waals surface area (Å²) < 4.78 is 5.68. The van der Waals surface area contributed by atoms with E-state index in [0.717, 1.165) is 49.7 Å². The first-order valence-electron chi connectivity index (χ1n) is 12.1. The van der Waals surface area contributed by atoms with Crippen LogP contribution in [0.1, 0.15) is 110 Å². The Morgan fingerprint density at radius 3 is 2.24 bits per heavy atom. The number of esters is 1. The van der Waals surface area contributed by atoms with E-state index < -0.39 is 5.97 Å². The van der Waals surface area contributed by atoms with Crippen LogP contribution in [-0.4, -0.2) is 28.6 Å². The summed E-state index contributed by atoms with van der Waals surface area (Å²) in [5.74, 6) is -1.33. The maximum atomic E-state index is 13.2. The summed E-state index contributed by atoms with van der Waals surface area (Å²) in [5, 5.41) is 8.98. The lowest BCUT2D eigenvalue weighted by atomic mass is 9.62. The van der Waals surface area contributed by atoms with E-state index in [4.69, 9.17) is 9.84 Å². The average Bonchev–Trinajstić information content (AvgIpc) is 2.77. The molecule has 1 N–H and O–H groups in total. The second-order valence-electron chi connectivity index (χ2n) is 10.5. The van der Waals surface area contributed by atoms with E-state index in [1.54, 1.807) is 6.07 Å². The number of unbranched alkanes of at least 4 members (excludes halogenated alkanes) is 2. The molecule has 3 rings (SSSR count). The lowest BCUT2D eigenvalue weighted by Gasteiger charge is -2.42. The van der Waals surface area contributed by atoms with E-state index in [9.17, 15) is 9.59 Å². The highest BCUT2D eigenvalue weighted by Crippen LogP contribution is 2.46. The van der Waals surface area contributed by atoms with Crippen molar-refractivity contribution in [2.24, 2.45) is 0 Å². The molecule has 0 aliphatic heterocycles. The molecule has 33 heavy (non-hydrogen) atoms. The highest BCUT2D eigenvalue weighted by molar-refractivity contribution is 5.92. The highest BCUT2D eigenvalue weighted by Gasteiger charge is 2.38. The molecule has 0 saturated carbocycles. The number of aryl methyl sites for hydroxylation is 1. The SMILES string of the molecule is CCCCCc1cc2c(cc1C(=O)OCCc1ccc(C(=O)O)nc1)C(C)(C)CCC2(C)C. The van der Waals surface area contributed by atoms with Gasteiger partial charge in [-0.25, -0.2) is 14.6 Å². The molecular weight excluding hydrogens is 414 g/mol. The van der Waals surface area contributed by atoms with Crippen molar-refractivity contribution in [1.82, 2.24) is 4.98 Å². The molecule has 0 atom stereocenters. The Kier molecular flexibility index (Phi) is 7.61. The zero-order valence-corrected chi connectivity index (χ0v) is 20.7. The van der Waals surface area contributed by atoms with Crippen molar-refractivity contribution in [2.75, 3.05) is 6.61 Å². The van der Waals surface area contributed by atoms with Crippen LogP contribution in [-0.2, 0) is 28.4 Å². The molecule has 0 unspecified atom stereocenters. The number of hydrogen-bond acceptors (Lipinski definition) is 4. The topological polar surface area (TPSA) is 76.5 Å². The summed E-state index contributed by atoms with van der Waals surface area (Å²) in [4.78, 5) is 28.1. The third-order valence-corrected chi connectivity index (χ3v) is 7.01. The van der Waals surface area contributed by atoms with Crippen molar-refractivity contribution < 1.29 is 19.4 Å². The predicted molar refractivity (Wildman–Crippen MR) is 130 cm³/mol. The van der Waals surface area contributed by atoms with Gasteiger partial charge in [-0.3, -0.25) is 0 Å². The molecule has 2 aromatic rings. The van der Waals surface area contributed by atoms with Gasteiger partial charge in [-0.1, -0.05) is 59.6 Å². The number of aromatic nitrogens is 1. The first kappa shape index (κ1) is 24.9. The number of carbonyl (C=O) groups excluding carboxylic acids is 1. The van der Waals surface area contributed by atoms with Crippen LogP contribution in [0.2, 0.25) is 0 Å². The number of carboxylic acids is 1. The molecule has 1 aromatic carbocycles. The number of hydrogen-bond donors (Lipinski definition) is 1. The molecule has 5 nitrogen and oxygen atoms in total. The van der Waals surface area contributed by atoms with Crippen LogP contribution in [0.3, 0.4) is 0 Å². The van der Waals surface area contributed by atoms with Gasteiger partial charge in [-0.15, -0.1) is 0 Å². The fourth-order valence-electron chi connectivity index (χ4n) is 4.66. The van der Waals surface area contributed by atoms with Gasteiger partial charge in [0.25, 0.3) is 0 Å². The molecule has 1 heterocycles. The monoisotopic (exact) mass is 451 g/mol. The molecule has 0 amide bonds. The van der Waals surface area contributed by atoms with Gasteiger partial charge in [0, 0.05) is 12.6 Å². The fourth-order valence-corrected chi connectivity index (χ4v) is 4.66. The van der Waals surface area contributed by atoms with Crippen LogP contribution in [0.5, 0.6) is 0 Å². The largest absolute Gasteiger partial charge is 0.477 e. The summed E-state index contributed by atoms with van der Waals surface area (Å²) in [7, 11) is 0. The quantitative estimate of drug-likeness (QED) is 0.360. The third-order valence-electron chi connectivity index (χ3n) is 7.01. The second kappa shape index (κ2) is 10.1. The smallest absolute Gasteiger partial charge is 0.354 e. The van der Waals surface area contributed by atoms with Crippen molar-refractivity contribution in [3.8, 4) is 0 Å². The number of pyridine rings is 1. The second-order valence-corrected chi connectivity index (χ2v) is 10.5. The van der Waals surface area contributed by atoms with E-state index in [2.05, 4.69) is 51.7 Å². The Hall–Kier alpha value is -2.69. The Balaban J connectivity index is 1.81. The molecule has 0 radical (unpaired) electrons. The molecule has 1 aliphatic rings. The Labute approximate surface area is 197 Å². The molecular formula is C28H37NO4. The maximum Gasteiger partial charge on any atom is 0.354 e. The first-order chi connectivity index (χ1) is 15.5. The minimum atomic E-state index is -1.05. The number of ether oxygens (including phenoxy) is 1. The van der Waals surface area contributed by atoms with Crippen LogP contribution in [0.15, 0.2) is 30.5 Å². The van der Waals surface area contributed by atoms with Gasteiger partial charge in [0.1, 0.15) is 5.69 Å². The zero-order valence-electron chi connectivity index (χ0n) is 20.7. The van der Waals surface area contributed by atoms with Gasteiger partial charge < -0.3 is 9.84 Å². The fraction of sp³-hybridized carbons (Fsp3) is 0.536. The van der Waals surface area contributed by atoms with Crippen molar-refractivity contribution in [1.29, 1.82) is 0 Å². The zero-order chi connectivity index (χ0) is 24.2. The Morgan fingerprint density at radius 2 is 1.67 bits per heavy atom. The third kappa shape index (κ3) is 5.82. The number of aromatic carboxylic acids is 1. The number of rotatable bonds is 9. The van der Waals surface area contributed by atoms with Gasteiger partial charge in [-0.2, -0.15) is 0 Å². The van der Waals surface area contributed by atoms with Crippen molar-refractivity contribution in [3.63, 3.8) is 0 Å². The summed E-state index contributed by atoms with van der Waals surface area (Å²) in [6.07, 6.45) is 8.46. The summed E-state index contributed by atoms with van der Waals surface area (Å²) in [5.41, 5.74) is 5.38. The van der Waals surface area contributed by atoms with Crippen LogP contribution in [0, 0.1) is 0 Å². The first-order valence-corrected chi connectivity index (χ1v) is 12.1. The molecule has 178 valence electrons. The van der Waals surface area contributed by atoms with Crippen LogP contribution < -0.4 is 0 Å². The number of carbonyl (C=O) groups is 2. The van der Waals surface area contributed by atoms with Crippen molar-refractivity contribution >= 4 is 11.9 Å². The number of nitrogens with zero attached hydrogens (tertiary/aromatic N) is 1. The van der Waals surface area contributed by atoms with Crippen molar-refractivity contribution in [3.05, 3.63) is 64.0 Å². The minimum Gasteiger partial charge on any atom is -0.477 e. The van der Waals surface area contributed by atoms with E-state index in [1.165, 1.54) is 23.4 Å². The van der Waals surface area contributed by atoms with Crippen molar-refractivity contribution in [2.45, 2.75) is 90.4 Å². The Bertz CT molecular complexity index is 1010. The van der Waals surface area contributed by atoms with E-state index in [0.29, 0.717) is 12.0 Å². The lowest BCUT2D eigenvalue weighted by Crippen LogP contribution is -2.34. The Morgan fingerprint density at radius 1 is 1.00 bits per heavy atom. The molecule has 5 heteroatoms. The molecule has 0 saturated heterocycles. The normalized spacial score (nSPS) is 16.2. The maximum absolute atomic E-state index is 13.2. The van der Waals surface area contributed by atoms with Gasteiger partial charge in [0.15, 0.2) is 0 Å². The summed E-state index contributed by atoms with van der Waals surface area (Å²) in [6, 6.07) is 7.56. The van der Waals surface area contributed by atoms with E-state index >= 15 is 0 Å². The van der Waals surface area contributed by atoms with Gasteiger partial charge in [-0.05, 0) is 70.9 Å². The van der Waals surface area contributed by atoms with Crippen LogP contribution in [0.25, 0.3) is 0 Å². The van der Waals surface area contributed by atoms with E-state index in [-0.39, 0.29) is 29.1 Å². The molecule has 1 aromatic heterocycles. The summed E-state index contributed by atoms with van der Waals surface area (Å²) >= 11 is 0. The predicted octanol–water partition coefficient (Wildman–Crippen LogP) is 6.26. The van der Waals surface area contributed by atoms with Crippen LogP contribution >= 0.6 is 0 Å². The molecule has 1 aliphatic carbocycles. The minimum absolute atomic E-state index is 0.00654. The summed E-state index contributed by atoms with van der Waals surface area (Å²) in [6.45, 7) is 11.6. The van der Waals surface area contributed by atoms with Gasteiger partial charge in [0.2, 0.25) is 0 Å². The number of fused-ring (bicyclic) bond motifs is 1. The number of benzene rings is 1. The molecule has 0 fully saturated rings. The highest BCUT2D eigenvalue weighted by atomic mass is 16.5. The number of carboxylic acid groups (broad SMARTS) is 1. The standard InChI is InChI=1S/C28H37NO4/c1-6-7-8-9-20-16-22-23(28(4,5)14-13-27(22,2)3)17-21(20)26(32)33-15-12-19-10-11-24(25(30)31)29-18-19/h10-11,16-18H,6-9,12-15H2,1-5H3,(H,30,31). The van der Waals surface area contributed by atoms with E-state index in [1.807, 2.05) is 0 Å². The van der Waals surface area contributed by atoms with Gasteiger partial charge >= 0.3 is 11.9 Å². The molecule has 0 spiro atoms. The lowest BCUT2D eigenvalue weighted by molar-refractivity contribution is 0.0507. The average molecular weight is 452 g/mol.